The van der Waals surface area contributed by atoms with Gasteiger partial charge in [-0.2, -0.15) is 0 Å². The normalized spacial score (nSPS) is 12.8. The molecular formula is C17H29NO2. The van der Waals surface area contributed by atoms with Crippen molar-refractivity contribution in [2.75, 3.05) is 33.5 Å². The predicted octanol–water partition coefficient (Wildman–Crippen LogP) is 3.21. The molecule has 1 aromatic rings. The van der Waals surface area contributed by atoms with E-state index in [0.717, 1.165) is 26.0 Å². The highest BCUT2D eigenvalue weighted by atomic mass is 16.5. The second-order valence-electron chi connectivity index (χ2n) is 5.42. The molecule has 0 radical (unpaired) electrons. The fourth-order valence-corrected chi connectivity index (χ4v) is 2.17. The number of hydrogen-bond acceptors (Lipinski definition) is 3. The van der Waals surface area contributed by atoms with Gasteiger partial charge in [0.15, 0.2) is 0 Å². The van der Waals surface area contributed by atoms with Crippen LogP contribution in [0.4, 0.5) is 0 Å². The zero-order valence-electron chi connectivity index (χ0n) is 13.1. The first-order valence-corrected chi connectivity index (χ1v) is 7.59. The molecule has 20 heavy (non-hydrogen) atoms. The van der Waals surface area contributed by atoms with E-state index in [2.05, 4.69) is 49.5 Å². The van der Waals surface area contributed by atoms with Gasteiger partial charge in [-0.1, -0.05) is 44.2 Å². The maximum Gasteiger partial charge on any atom is 0.0700 e. The van der Waals surface area contributed by atoms with Crippen LogP contribution < -0.4 is 5.32 Å². The third-order valence-electron chi connectivity index (χ3n) is 3.32. The largest absolute Gasteiger partial charge is 0.382 e. The highest BCUT2D eigenvalue weighted by Crippen LogP contribution is 2.20. The summed E-state index contributed by atoms with van der Waals surface area (Å²) in [5.41, 5.74) is 1.41. The quantitative estimate of drug-likeness (QED) is 0.631. The third kappa shape index (κ3) is 7.63. The number of ether oxygens (including phenoxy) is 2. The molecule has 0 saturated heterocycles. The van der Waals surface area contributed by atoms with Crippen molar-refractivity contribution in [2.45, 2.75) is 38.6 Å². The van der Waals surface area contributed by atoms with Gasteiger partial charge in [-0.15, -0.1) is 0 Å². The first kappa shape index (κ1) is 17.2. The summed E-state index contributed by atoms with van der Waals surface area (Å²) in [7, 11) is 1.70. The molecule has 0 heterocycles. The standard InChI is InChI=1S/C17H29NO2/c1-15(2)18-14-17(16-8-5-4-6-9-16)10-7-11-20-13-12-19-3/h4-6,8-9,15,17-18H,7,10-14H2,1-3H3. The van der Waals surface area contributed by atoms with Crippen LogP contribution in [0.15, 0.2) is 30.3 Å². The van der Waals surface area contributed by atoms with E-state index in [4.69, 9.17) is 9.47 Å². The lowest BCUT2D eigenvalue weighted by atomic mass is 9.94. The van der Waals surface area contributed by atoms with E-state index in [1.54, 1.807) is 7.11 Å². The summed E-state index contributed by atoms with van der Waals surface area (Å²) in [4.78, 5) is 0. The van der Waals surface area contributed by atoms with Crippen molar-refractivity contribution < 1.29 is 9.47 Å². The summed E-state index contributed by atoms with van der Waals surface area (Å²) in [6.45, 7) is 7.59. The maximum atomic E-state index is 5.54. The van der Waals surface area contributed by atoms with Crippen LogP contribution in [0, 0.1) is 0 Å². The topological polar surface area (TPSA) is 30.5 Å². The molecule has 0 aliphatic rings. The van der Waals surface area contributed by atoms with Crippen LogP contribution in [0.5, 0.6) is 0 Å². The lowest BCUT2D eigenvalue weighted by molar-refractivity contribution is 0.0681. The summed E-state index contributed by atoms with van der Waals surface area (Å²) in [6, 6.07) is 11.3. The van der Waals surface area contributed by atoms with Gasteiger partial charge in [0.2, 0.25) is 0 Å². The Labute approximate surface area is 123 Å². The van der Waals surface area contributed by atoms with E-state index in [-0.39, 0.29) is 0 Å². The van der Waals surface area contributed by atoms with Crippen LogP contribution in [0.3, 0.4) is 0 Å². The lowest BCUT2D eigenvalue weighted by Gasteiger charge is -2.20. The van der Waals surface area contributed by atoms with Crippen LogP contribution >= 0.6 is 0 Å². The minimum atomic E-state index is 0.527. The molecule has 0 aliphatic carbocycles. The Morgan fingerprint density at radius 1 is 1.05 bits per heavy atom. The molecule has 0 aromatic heterocycles. The Morgan fingerprint density at radius 3 is 2.45 bits per heavy atom. The van der Waals surface area contributed by atoms with Crippen LogP contribution in [0.1, 0.15) is 38.2 Å². The molecule has 0 fully saturated rings. The minimum absolute atomic E-state index is 0.527. The predicted molar refractivity (Wildman–Crippen MR) is 84.3 cm³/mol. The van der Waals surface area contributed by atoms with Gasteiger partial charge in [0.05, 0.1) is 13.2 Å². The molecule has 0 bridgehead atoms. The van der Waals surface area contributed by atoms with Crippen molar-refractivity contribution in [3.63, 3.8) is 0 Å². The fourth-order valence-electron chi connectivity index (χ4n) is 2.17. The molecule has 1 aromatic carbocycles. The van der Waals surface area contributed by atoms with Crippen molar-refractivity contribution >= 4 is 0 Å². The smallest absolute Gasteiger partial charge is 0.0700 e. The molecule has 1 rings (SSSR count). The molecular weight excluding hydrogens is 250 g/mol. The second kappa shape index (κ2) is 10.8. The van der Waals surface area contributed by atoms with Crippen molar-refractivity contribution in [3.05, 3.63) is 35.9 Å². The third-order valence-corrected chi connectivity index (χ3v) is 3.32. The van der Waals surface area contributed by atoms with Crippen LogP contribution in [0.2, 0.25) is 0 Å². The fraction of sp³-hybridized carbons (Fsp3) is 0.647. The number of methoxy groups -OCH3 is 1. The monoisotopic (exact) mass is 279 g/mol. The van der Waals surface area contributed by atoms with Gasteiger partial charge in [0.25, 0.3) is 0 Å². The first-order chi connectivity index (χ1) is 9.74. The average molecular weight is 279 g/mol. The van der Waals surface area contributed by atoms with Crippen molar-refractivity contribution in [2.24, 2.45) is 0 Å². The SMILES string of the molecule is COCCOCCCC(CNC(C)C)c1ccccc1. The van der Waals surface area contributed by atoms with Crippen molar-refractivity contribution in [1.29, 1.82) is 0 Å². The number of nitrogens with one attached hydrogen (secondary N) is 1. The zero-order valence-corrected chi connectivity index (χ0v) is 13.1. The molecule has 0 saturated carbocycles. The first-order valence-electron chi connectivity index (χ1n) is 7.59. The van der Waals surface area contributed by atoms with E-state index in [0.29, 0.717) is 25.2 Å². The molecule has 114 valence electrons. The maximum absolute atomic E-state index is 5.54. The van der Waals surface area contributed by atoms with Gasteiger partial charge in [0.1, 0.15) is 0 Å². The summed E-state index contributed by atoms with van der Waals surface area (Å²) < 4.78 is 10.5. The van der Waals surface area contributed by atoms with E-state index in [1.165, 1.54) is 5.56 Å². The molecule has 1 atom stereocenters. The highest BCUT2D eigenvalue weighted by molar-refractivity contribution is 5.19. The van der Waals surface area contributed by atoms with Gasteiger partial charge < -0.3 is 14.8 Å². The molecule has 3 heteroatoms. The summed E-state index contributed by atoms with van der Waals surface area (Å²) in [5.74, 6) is 0.560. The summed E-state index contributed by atoms with van der Waals surface area (Å²) >= 11 is 0. The molecule has 0 aliphatic heterocycles. The minimum Gasteiger partial charge on any atom is -0.382 e. The zero-order chi connectivity index (χ0) is 14.6. The van der Waals surface area contributed by atoms with Crippen LogP contribution in [-0.4, -0.2) is 39.5 Å². The van der Waals surface area contributed by atoms with Gasteiger partial charge in [-0.25, -0.2) is 0 Å². The van der Waals surface area contributed by atoms with E-state index >= 15 is 0 Å². The Kier molecular flexibility index (Phi) is 9.29. The molecule has 1 N–H and O–H groups in total. The highest BCUT2D eigenvalue weighted by Gasteiger charge is 2.11. The lowest BCUT2D eigenvalue weighted by Crippen LogP contribution is -2.28. The summed E-state index contributed by atoms with van der Waals surface area (Å²) in [6.07, 6.45) is 2.24. The Bertz CT molecular complexity index is 327. The molecule has 1 unspecified atom stereocenters. The molecule has 3 nitrogen and oxygen atoms in total. The van der Waals surface area contributed by atoms with Gasteiger partial charge in [0, 0.05) is 26.3 Å². The van der Waals surface area contributed by atoms with E-state index in [1.807, 2.05) is 0 Å². The van der Waals surface area contributed by atoms with Gasteiger partial charge >= 0.3 is 0 Å². The molecule has 0 amide bonds. The van der Waals surface area contributed by atoms with Crippen molar-refractivity contribution in [1.82, 2.24) is 5.32 Å². The van der Waals surface area contributed by atoms with Crippen molar-refractivity contribution in [3.8, 4) is 0 Å². The van der Waals surface area contributed by atoms with Crippen LogP contribution in [0.25, 0.3) is 0 Å². The Hall–Kier alpha value is -0.900. The van der Waals surface area contributed by atoms with Crippen LogP contribution in [-0.2, 0) is 9.47 Å². The second-order valence-corrected chi connectivity index (χ2v) is 5.42. The Morgan fingerprint density at radius 2 is 1.80 bits per heavy atom. The Balaban J connectivity index is 2.35. The average Bonchev–Trinajstić information content (AvgIpc) is 2.46. The molecule has 0 spiro atoms. The number of benzene rings is 1. The summed E-state index contributed by atoms with van der Waals surface area (Å²) in [5, 5.41) is 3.54. The number of hydrogen-bond donors (Lipinski definition) is 1. The van der Waals surface area contributed by atoms with Gasteiger partial charge in [-0.05, 0) is 24.3 Å². The number of rotatable bonds is 11. The van der Waals surface area contributed by atoms with E-state index < -0.39 is 0 Å². The van der Waals surface area contributed by atoms with E-state index in [9.17, 15) is 0 Å². The van der Waals surface area contributed by atoms with Gasteiger partial charge in [-0.3, -0.25) is 0 Å².